The molecule has 4 unspecified atom stereocenters. The Labute approximate surface area is 809 Å². The van der Waals surface area contributed by atoms with Crippen molar-refractivity contribution < 1.29 is 88.7 Å². The summed E-state index contributed by atoms with van der Waals surface area (Å²) in [6, 6.07) is 60.1. The van der Waals surface area contributed by atoms with Crippen LogP contribution < -0.4 is 34.8 Å². The van der Waals surface area contributed by atoms with Gasteiger partial charge in [0, 0.05) is 95.1 Å². The number of rotatable bonds is 26. The number of phenols is 1. The second-order valence-corrected chi connectivity index (χ2v) is 55.7. The third-order valence-electron chi connectivity index (χ3n) is 23.8. The number of pyridine rings is 4. The van der Waals surface area contributed by atoms with Crippen LogP contribution in [0.5, 0.6) is 23.0 Å². The predicted molar refractivity (Wildman–Crippen MR) is 550 cm³/mol. The minimum absolute atomic E-state index is 0.00690. The van der Waals surface area contributed by atoms with E-state index in [0.29, 0.717) is 33.1 Å². The number of hydrogen-bond donors (Lipinski definition) is 4. The van der Waals surface area contributed by atoms with E-state index in [2.05, 4.69) is 109 Å². The fourth-order valence-corrected chi connectivity index (χ4v) is 16.3. The SMILES string of the molecule is CC(C)(C)[Si](C)(C)OC(CF)COc1ccc2ccc(Cl)nc2c1.CC(C)(C)[Si](C)(C)OC(CO)CF.CN(C(=O)OC(C)(C)C)c1ccc(-c2ccc3ccc(OCC(CF)O[Si](C)(C)C(C)(C)C)cc3n2)cc1.CN(C(=O)OC(C)(C)C)c1ccc(B2OC(C)(C)C(C)(C)O2)cc1.CNc1ccc(-c2ccc3ccc(OCC(O)CF)cc3n2)cc1.Oc1ccc2ccc(Cl)nc2c1. The van der Waals surface area contributed by atoms with Crippen LogP contribution in [-0.2, 0) is 32.1 Å². The number of nitrogens with zero attached hydrogens (tertiary/aromatic N) is 6. The Balaban J connectivity index is 0.000000229. The molecule has 0 spiro atoms. The Hall–Kier alpha value is -9.54. The topological polar surface area (TPSA) is 257 Å². The van der Waals surface area contributed by atoms with Gasteiger partial charge in [0.15, 0.2) is 25.0 Å². The highest BCUT2D eigenvalue weighted by molar-refractivity contribution is 6.75. The normalized spacial score (nSPS) is 14.3. The van der Waals surface area contributed by atoms with E-state index >= 15 is 0 Å². The largest absolute Gasteiger partial charge is 0.508 e. The summed E-state index contributed by atoms with van der Waals surface area (Å²) >= 11 is 11.6. The number of nitrogens with one attached hydrogen (secondary N) is 1. The van der Waals surface area contributed by atoms with Crippen molar-refractivity contribution in [3.8, 4) is 45.5 Å². The zero-order valence-corrected chi connectivity index (χ0v) is 88.2. The molecule has 4 N–H and O–H groups in total. The molecule has 0 bridgehead atoms. The van der Waals surface area contributed by atoms with Crippen LogP contribution in [-0.4, -0.2) is 201 Å². The van der Waals surface area contributed by atoms with Crippen LogP contribution in [0.4, 0.5) is 44.2 Å². The highest BCUT2D eigenvalue weighted by Crippen LogP contribution is 2.42. The molecule has 1 fully saturated rings. The average Bonchev–Trinajstić information content (AvgIpc) is 1.63. The molecular formula is C103H140BCl2F4N7O15Si3. The number of ether oxygens (including phenoxy) is 5. The number of phenolic OH excluding ortho intramolecular Hbond substituents is 1. The highest BCUT2D eigenvalue weighted by atomic mass is 35.5. The minimum atomic E-state index is -2.11. The van der Waals surface area contributed by atoms with Gasteiger partial charge in [-0.15, -0.1) is 0 Å². The van der Waals surface area contributed by atoms with Gasteiger partial charge in [0.1, 0.15) is 109 Å². The van der Waals surface area contributed by atoms with Crippen molar-refractivity contribution in [1.29, 1.82) is 0 Å². The van der Waals surface area contributed by atoms with Crippen molar-refractivity contribution in [3.05, 3.63) is 204 Å². The van der Waals surface area contributed by atoms with Gasteiger partial charge in [-0.2, -0.15) is 0 Å². The van der Waals surface area contributed by atoms with Crippen LogP contribution >= 0.6 is 23.2 Å². The lowest BCUT2D eigenvalue weighted by Gasteiger charge is -2.38. The number of aliphatic hydroxyl groups is 2. The molecule has 1 aliphatic heterocycles. The molecule has 0 saturated carbocycles. The van der Waals surface area contributed by atoms with E-state index in [4.69, 9.17) is 84.7 Å². The van der Waals surface area contributed by atoms with Crippen LogP contribution in [0.15, 0.2) is 194 Å². The van der Waals surface area contributed by atoms with Gasteiger partial charge < -0.3 is 66.9 Å². The number of aromatic nitrogens is 4. The lowest BCUT2D eigenvalue weighted by molar-refractivity contribution is 0.00578. The smallest absolute Gasteiger partial charge is 0.494 e. The van der Waals surface area contributed by atoms with Gasteiger partial charge in [0.2, 0.25) is 0 Å². The quantitative estimate of drug-likeness (QED) is 0.0223. The number of hydrogen-bond acceptors (Lipinski definition) is 20. The van der Waals surface area contributed by atoms with Gasteiger partial charge in [-0.05, 0) is 250 Å². The zero-order valence-electron chi connectivity index (χ0n) is 83.7. The summed E-state index contributed by atoms with van der Waals surface area (Å²) in [5, 5.41) is 35.2. The standard InChI is InChI=1S/C30H41FN2O4Si.C19H19FN2O2.C18H28BNO4.C18H25ClFNO2Si.C9H6ClNO.C9H21FO2Si/c1-29(2,3)36-28(34)33(7)23-14-10-21(11-15-23)26-17-13-22-12-16-24(18-27(22)32-26)35-20-25(19-31)37-38(8,9)30(4,5)6;1-21-15-6-2-13(3-7-15)18-9-5-14-4-8-17(10-19(14)22-18)24-12-16(23)11-20;1-16(2,3)22-15(21)20(8)14-11-9-13(10-12-14)19-23-17(4,5)18(6,7)24-19;1-18(2,3)24(4,5)23-15(11-20)12-22-14-8-6-13-7-9-17(19)21-16(13)10-14;10-9-4-2-6-1-3-7(12)5-8(6)11-9;1-9(2,3)13(4,5)12-8(6-10)7-11/h10-18,25H,19-20H2,1-9H3;2-10,16,21,23H,11-12H2,1H3;9-12H,1-8H3;6-10,15H,11-12H2,1-5H3;1-5,12H;8,11H,6-7H2,1-5H3. The molecule has 135 heavy (non-hydrogen) atoms. The molecule has 12 rings (SSSR count). The lowest BCUT2D eigenvalue weighted by atomic mass is 9.79. The van der Waals surface area contributed by atoms with E-state index in [0.717, 1.165) is 83.1 Å². The van der Waals surface area contributed by atoms with Gasteiger partial charge in [-0.1, -0.05) is 134 Å². The van der Waals surface area contributed by atoms with E-state index in [-0.39, 0.29) is 64.6 Å². The third-order valence-corrected chi connectivity index (χ3v) is 37.8. The number of carbonyl (C=O) groups is 2. The molecular weight excluding hydrogens is 1820 g/mol. The minimum Gasteiger partial charge on any atom is -0.508 e. The Bertz CT molecular complexity index is 5600. The second-order valence-electron chi connectivity index (χ2n) is 40.6. The number of benzene rings is 7. The number of aliphatic hydroxyl groups excluding tert-OH is 2. The van der Waals surface area contributed by atoms with Gasteiger partial charge in [-0.3, -0.25) is 9.80 Å². The van der Waals surface area contributed by atoms with E-state index in [9.17, 15) is 32.3 Å². The fraction of sp³-hybridized carbons (Fsp3) is 0.456. The lowest BCUT2D eigenvalue weighted by Crippen LogP contribution is -2.46. The predicted octanol–water partition coefficient (Wildman–Crippen LogP) is 25.6. The van der Waals surface area contributed by atoms with Gasteiger partial charge in [-0.25, -0.2) is 47.1 Å². The monoisotopic (exact) mass is 1960 g/mol. The molecule has 32 heteroatoms. The van der Waals surface area contributed by atoms with Crippen molar-refractivity contribution in [2.24, 2.45) is 0 Å². The number of amides is 2. The summed E-state index contributed by atoms with van der Waals surface area (Å²) in [5.74, 6) is 2.02. The summed E-state index contributed by atoms with van der Waals surface area (Å²) in [5.41, 5.74) is 8.25. The van der Waals surface area contributed by atoms with Crippen LogP contribution in [0.2, 0.25) is 64.7 Å². The molecule has 734 valence electrons. The summed E-state index contributed by atoms with van der Waals surface area (Å²) in [6.45, 7) is 48.2. The van der Waals surface area contributed by atoms with Crippen molar-refractivity contribution in [2.75, 3.05) is 89.4 Å². The number of aromatic hydroxyl groups is 1. The van der Waals surface area contributed by atoms with Crippen molar-refractivity contribution in [1.82, 2.24) is 19.9 Å². The summed E-state index contributed by atoms with van der Waals surface area (Å²) < 4.78 is 110. The van der Waals surface area contributed by atoms with Crippen molar-refractivity contribution >= 4 is 134 Å². The van der Waals surface area contributed by atoms with Crippen molar-refractivity contribution in [2.45, 2.75) is 233 Å². The van der Waals surface area contributed by atoms with Crippen LogP contribution in [0.3, 0.4) is 0 Å². The number of anilines is 3. The summed E-state index contributed by atoms with van der Waals surface area (Å²) in [6.07, 6.45) is -3.71. The number of carbonyl (C=O) groups excluding carboxylic acids is 2. The molecule has 5 heterocycles. The average molecular weight is 1960 g/mol. The van der Waals surface area contributed by atoms with E-state index in [1.807, 2.05) is 241 Å². The second kappa shape index (κ2) is 48.2. The summed E-state index contributed by atoms with van der Waals surface area (Å²) in [7, 11) is -1.19. The summed E-state index contributed by atoms with van der Waals surface area (Å²) in [4.78, 5) is 45.3. The van der Waals surface area contributed by atoms with E-state index < -0.39 is 100 Å². The molecule has 0 aliphatic carbocycles. The number of halogens is 6. The Morgan fingerprint density at radius 2 is 0.763 bits per heavy atom. The number of fused-ring (bicyclic) bond motifs is 4. The fourth-order valence-electron chi connectivity index (χ4n) is 12.0. The molecule has 22 nitrogen and oxygen atoms in total. The Morgan fingerprint density at radius 3 is 1.10 bits per heavy atom. The maximum absolute atomic E-state index is 13.7. The van der Waals surface area contributed by atoms with E-state index in [1.165, 1.54) is 9.80 Å². The molecule has 1 saturated heterocycles. The number of alkyl halides is 4. The first kappa shape index (κ1) is 112. The maximum Gasteiger partial charge on any atom is 0.494 e. The van der Waals surface area contributed by atoms with Crippen LogP contribution in [0, 0.1) is 0 Å². The van der Waals surface area contributed by atoms with Gasteiger partial charge in [0.05, 0.1) is 57.4 Å². The Morgan fingerprint density at radius 1 is 0.444 bits per heavy atom. The first-order chi connectivity index (χ1) is 62.7. The molecule has 2 amide bonds. The van der Waals surface area contributed by atoms with Crippen LogP contribution in [0.1, 0.15) is 132 Å². The maximum atomic E-state index is 13.7. The zero-order chi connectivity index (χ0) is 101. The molecule has 4 atom stereocenters. The molecule has 7 aromatic carbocycles. The molecule has 4 aromatic heterocycles. The molecule has 11 aromatic rings. The first-order valence-corrected chi connectivity index (χ1v) is 54.6. The highest BCUT2D eigenvalue weighted by Gasteiger charge is 2.52. The molecule has 1 aliphatic rings. The third kappa shape index (κ3) is 34.0. The van der Waals surface area contributed by atoms with E-state index in [1.54, 1.807) is 56.6 Å². The van der Waals surface area contributed by atoms with Gasteiger partial charge in [0.25, 0.3) is 0 Å². The van der Waals surface area contributed by atoms with Crippen molar-refractivity contribution in [3.63, 3.8) is 0 Å². The first-order valence-electron chi connectivity index (χ1n) is 45.1. The van der Waals surface area contributed by atoms with Crippen LogP contribution in [0.25, 0.3) is 66.1 Å². The van der Waals surface area contributed by atoms with Gasteiger partial charge >= 0.3 is 19.3 Å². The molecule has 0 radical (unpaired) electrons. The Kier molecular flexibility index (Phi) is 40.1.